The monoisotopic (exact) mass is 263 g/mol. The summed E-state index contributed by atoms with van der Waals surface area (Å²) in [4.78, 5) is 24.1. The number of imide groups is 1. The number of nitrogens with zero attached hydrogens (tertiary/aromatic N) is 1. The lowest BCUT2D eigenvalue weighted by Crippen LogP contribution is -2.33. The molecule has 3 nitrogen and oxygen atoms in total. The van der Waals surface area contributed by atoms with Crippen molar-refractivity contribution in [2.24, 2.45) is 0 Å². The van der Waals surface area contributed by atoms with Gasteiger partial charge in [0.2, 0.25) is 5.91 Å². The Morgan fingerprint density at radius 3 is 2.44 bits per heavy atom. The van der Waals surface area contributed by atoms with Gasteiger partial charge in [-0.05, 0) is 23.8 Å². The SMILES string of the molecule is C=CCN(C(C)=O)C(=O)/C=C/c1ccc(Cl)cc1. The molecule has 4 heteroatoms. The minimum absolute atomic E-state index is 0.207. The van der Waals surface area contributed by atoms with E-state index in [-0.39, 0.29) is 18.4 Å². The van der Waals surface area contributed by atoms with Crippen LogP contribution in [0.1, 0.15) is 12.5 Å². The van der Waals surface area contributed by atoms with Crippen LogP contribution in [0.5, 0.6) is 0 Å². The zero-order valence-corrected chi connectivity index (χ0v) is 10.9. The van der Waals surface area contributed by atoms with Crippen molar-refractivity contribution >= 4 is 29.5 Å². The molecule has 0 N–H and O–H groups in total. The van der Waals surface area contributed by atoms with Gasteiger partial charge in [-0.2, -0.15) is 0 Å². The summed E-state index contributed by atoms with van der Waals surface area (Å²) >= 11 is 5.75. The van der Waals surface area contributed by atoms with E-state index in [0.29, 0.717) is 5.02 Å². The number of benzene rings is 1. The highest BCUT2D eigenvalue weighted by Crippen LogP contribution is 2.10. The van der Waals surface area contributed by atoms with Crippen LogP contribution in [0.2, 0.25) is 5.02 Å². The first-order chi connectivity index (χ1) is 8.54. The van der Waals surface area contributed by atoms with Gasteiger partial charge in [-0.25, -0.2) is 0 Å². The van der Waals surface area contributed by atoms with Crippen LogP contribution in [0.4, 0.5) is 0 Å². The van der Waals surface area contributed by atoms with Crippen LogP contribution in [0, 0.1) is 0 Å². The molecule has 1 aromatic rings. The van der Waals surface area contributed by atoms with E-state index in [1.165, 1.54) is 19.1 Å². The summed E-state index contributed by atoms with van der Waals surface area (Å²) in [5, 5.41) is 0.635. The number of carbonyl (C=O) groups excluding carboxylic acids is 2. The van der Waals surface area contributed by atoms with Crippen LogP contribution < -0.4 is 0 Å². The Balaban J connectivity index is 2.76. The van der Waals surface area contributed by atoms with E-state index in [2.05, 4.69) is 6.58 Å². The maximum Gasteiger partial charge on any atom is 0.253 e. The largest absolute Gasteiger partial charge is 0.275 e. The number of rotatable bonds is 4. The van der Waals surface area contributed by atoms with Crippen LogP contribution in [-0.4, -0.2) is 23.3 Å². The number of hydrogen-bond acceptors (Lipinski definition) is 2. The molecule has 0 aliphatic heterocycles. The Labute approximate surface area is 111 Å². The van der Waals surface area contributed by atoms with Crippen LogP contribution in [0.25, 0.3) is 6.08 Å². The molecule has 0 unspecified atom stereocenters. The second-order valence-electron chi connectivity index (χ2n) is 3.64. The smallest absolute Gasteiger partial charge is 0.253 e. The summed E-state index contributed by atoms with van der Waals surface area (Å²) < 4.78 is 0. The molecule has 0 heterocycles. The predicted octanol–water partition coefficient (Wildman–Crippen LogP) is 2.91. The van der Waals surface area contributed by atoms with Gasteiger partial charge in [0.25, 0.3) is 5.91 Å². The molecule has 0 radical (unpaired) electrons. The van der Waals surface area contributed by atoms with E-state index in [4.69, 9.17) is 11.6 Å². The van der Waals surface area contributed by atoms with Crippen LogP contribution in [0.15, 0.2) is 43.0 Å². The highest BCUT2D eigenvalue weighted by atomic mass is 35.5. The molecule has 0 aliphatic carbocycles. The zero-order chi connectivity index (χ0) is 13.5. The first-order valence-corrected chi connectivity index (χ1v) is 5.79. The second-order valence-corrected chi connectivity index (χ2v) is 4.08. The quantitative estimate of drug-likeness (QED) is 0.619. The fourth-order valence-corrected chi connectivity index (χ4v) is 1.46. The van der Waals surface area contributed by atoms with Gasteiger partial charge in [0.05, 0.1) is 0 Å². The fraction of sp³-hybridized carbons (Fsp3) is 0.143. The third-order valence-corrected chi connectivity index (χ3v) is 2.50. The molecule has 1 aromatic carbocycles. The van der Waals surface area contributed by atoms with Crippen LogP contribution in [0.3, 0.4) is 0 Å². The minimum Gasteiger partial charge on any atom is -0.275 e. The third kappa shape index (κ3) is 4.18. The average Bonchev–Trinajstić information content (AvgIpc) is 2.34. The predicted molar refractivity (Wildman–Crippen MR) is 73.1 cm³/mol. The van der Waals surface area contributed by atoms with Crippen molar-refractivity contribution in [3.05, 3.63) is 53.6 Å². The standard InChI is InChI=1S/C14H14ClNO2/c1-3-10-16(11(2)17)14(18)9-6-12-4-7-13(15)8-5-12/h3-9H,1,10H2,2H3/b9-6+. The van der Waals surface area contributed by atoms with Crippen molar-refractivity contribution in [1.29, 1.82) is 0 Å². The van der Waals surface area contributed by atoms with Crippen LogP contribution in [-0.2, 0) is 9.59 Å². The first-order valence-electron chi connectivity index (χ1n) is 5.41. The van der Waals surface area contributed by atoms with Crippen molar-refractivity contribution in [2.45, 2.75) is 6.92 Å². The Kier molecular flexibility index (Phi) is 5.33. The van der Waals surface area contributed by atoms with Crippen molar-refractivity contribution in [1.82, 2.24) is 4.90 Å². The Hall–Kier alpha value is -1.87. The van der Waals surface area contributed by atoms with Crippen molar-refractivity contribution in [2.75, 3.05) is 6.54 Å². The molecule has 1 rings (SSSR count). The van der Waals surface area contributed by atoms with Gasteiger partial charge in [0.1, 0.15) is 0 Å². The molecule has 94 valence electrons. The summed E-state index contributed by atoms with van der Waals surface area (Å²) in [6, 6.07) is 7.05. The van der Waals surface area contributed by atoms with E-state index in [1.807, 2.05) is 0 Å². The highest BCUT2D eigenvalue weighted by Gasteiger charge is 2.12. The lowest BCUT2D eigenvalue weighted by atomic mass is 10.2. The molecular weight excluding hydrogens is 250 g/mol. The van der Waals surface area contributed by atoms with Gasteiger partial charge < -0.3 is 0 Å². The summed E-state index contributed by atoms with van der Waals surface area (Å²) in [7, 11) is 0. The summed E-state index contributed by atoms with van der Waals surface area (Å²) in [6.07, 6.45) is 4.50. The van der Waals surface area contributed by atoms with Gasteiger partial charge >= 0.3 is 0 Å². The van der Waals surface area contributed by atoms with E-state index in [1.54, 1.807) is 30.3 Å². The number of carbonyl (C=O) groups is 2. The maximum absolute atomic E-state index is 11.8. The molecule has 18 heavy (non-hydrogen) atoms. The molecular formula is C14H14ClNO2. The van der Waals surface area contributed by atoms with E-state index < -0.39 is 0 Å². The molecule has 0 fully saturated rings. The van der Waals surface area contributed by atoms with Gasteiger partial charge in [-0.1, -0.05) is 29.8 Å². The van der Waals surface area contributed by atoms with E-state index in [9.17, 15) is 9.59 Å². The summed E-state index contributed by atoms with van der Waals surface area (Å²) in [6.45, 7) is 5.06. The topological polar surface area (TPSA) is 37.4 Å². The van der Waals surface area contributed by atoms with Gasteiger partial charge in [-0.15, -0.1) is 6.58 Å². The van der Waals surface area contributed by atoms with Gasteiger partial charge in [-0.3, -0.25) is 14.5 Å². The average molecular weight is 264 g/mol. The van der Waals surface area contributed by atoms with E-state index >= 15 is 0 Å². The lowest BCUT2D eigenvalue weighted by Gasteiger charge is -2.14. The van der Waals surface area contributed by atoms with Crippen molar-refractivity contribution in [3.63, 3.8) is 0 Å². The number of amides is 2. The van der Waals surface area contributed by atoms with Crippen molar-refractivity contribution in [3.8, 4) is 0 Å². The Morgan fingerprint density at radius 1 is 1.33 bits per heavy atom. The van der Waals surface area contributed by atoms with Gasteiger partial charge in [0.15, 0.2) is 0 Å². The molecule has 0 aromatic heterocycles. The molecule has 0 saturated carbocycles. The number of halogens is 1. The van der Waals surface area contributed by atoms with Crippen molar-refractivity contribution < 1.29 is 9.59 Å². The molecule has 0 atom stereocenters. The fourth-order valence-electron chi connectivity index (χ4n) is 1.33. The molecule has 0 spiro atoms. The number of hydrogen-bond donors (Lipinski definition) is 0. The molecule has 2 amide bonds. The molecule has 0 saturated heterocycles. The Morgan fingerprint density at radius 2 is 1.94 bits per heavy atom. The minimum atomic E-state index is -0.364. The third-order valence-electron chi connectivity index (χ3n) is 2.25. The normalized spacial score (nSPS) is 10.3. The molecule has 0 aliphatic rings. The lowest BCUT2D eigenvalue weighted by molar-refractivity contribution is -0.139. The maximum atomic E-state index is 11.8. The van der Waals surface area contributed by atoms with E-state index in [0.717, 1.165) is 10.5 Å². The second kappa shape index (κ2) is 6.77. The summed E-state index contributed by atoms with van der Waals surface area (Å²) in [5.41, 5.74) is 0.842. The Bertz CT molecular complexity index is 477. The van der Waals surface area contributed by atoms with Gasteiger partial charge in [0, 0.05) is 24.6 Å². The zero-order valence-electron chi connectivity index (χ0n) is 10.1. The molecule has 0 bridgehead atoms. The van der Waals surface area contributed by atoms with Crippen LogP contribution >= 0.6 is 11.6 Å². The first kappa shape index (κ1) is 14.2. The highest BCUT2D eigenvalue weighted by molar-refractivity contribution is 6.30. The summed E-state index contributed by atoms with van der Waals surface area (Å²) in [5.74, 6) is -0.669.